The molecule has 0 radical (unpaired) electrons. The third-order valence-corrected chi connectivity index (χ3v) is 7.43. The van der Waals surface area contributed by atoms with Crippen LogP contribution in [0, 0.1) is 6.92 Å². The summed E-state index contributed by atoms with van der Waals surface area (Å²) in [4.78, 5) is 34.8. The number of benzene rings is 2. The van der Waals surface area contributed by atoms with Crippen molar-refractivity contribution in [1.29, 1.82) is 0 Å². The smallest absolute Gasteiger partial charge is 0.279 e. The van der Waals surface area contributed by atoms with Gasteiger partial charge in [-0.2, -0.15) is 4.98 Å². The number of aryl methyl sites for hydroxylation is 1. The van der Waals surface area contributed by atoms with Crippen LogP contribution in [0.1, 0.15) is 18.0 Å². The van der Waals surface area contributed by atoms with Gasteiger partial charge in [-0.25, -0.2) is 9.97 Å². The van der Waals surface area contributed by atoms with Gasteiger partial charge in [-0.3, -0.25) is 14.3 Å². The molecule has 2 aromatic heterocycles. The average molecular weight is 539 g/mol. The zero-order valence-corrected chi connectivity index (χ0v) is 23.8. The highest BCUT2D eigenvalue weighted by molar-refractivity contribution is 5.75. The molecular formula is C31H38N8O. The maximum absolute atomic E-state index is 13.9. The Balaban J connectivity index is 1.50. The largest absolute Gasteiger partial charge is 0.373 e. The maximum atomic E-state index is 13.9. The average Bonchev–Trinajstić information content (AvgIpc) is 3.40. The van der Waals surface area contributed by atoms with E-state index in [-0.39, 0.29) is 11.6 Å². The fraction of sp³-hybridized carbons (Fsp3) is 0.355. The van der Waals surface area contributed by atoms with E-state index in [1.54, 1.807) is 6.20 Å². The minimum absolute atomic E-state index is 0.0117. The predicted molar refractivity (Wildman–Crippen MR) is 164 cm³/mol. The van der Waals surface area contributed by atoms with Crippen molar-refractivity contribution in [3.8, 4) is 11.3 Å². The van der Waals surface area contributed by atoms with Crippen molar-refractivity contribution in [1.82, 2.24) is 29.3 Å². The van der Waals surface area contributed by atoms with Crippen LogP contribution in [-0.4, -0.2) is 83.2 Å². The van der Waals surface area contributed by atoms with Gasteiger partial charge in [-0.05, 0) is 51.2 Å². The fourth-order valence-electron chi connectivity index (χ4n) is 5.32. The molecule has 2 aromatic carbocycles. The van der Waals surface area contributed by atoms with Crippen LogP contribution in [0.3, 0.4) is 0 Å². The lowest BCUT2D eigenvalue weighted by atomic mass is 10.1. The quantitative estimate of drug-likeness (QED) is 0.299. The summed E-state index contributed by atoms with van der Waals surface area (Å²) in [6.45, 7) is 10.4. The van der Waals surface area contributed by atoms with E-state index in [0.29, 0.717) is 22.8 Å². The Morgan fingerprint density at radius 1 is 1.10 bits per heavy atom. The molecule has 5 rings (SSSR count). The minimum Gasteiger partial charge on any atom is -0.373 e. The van der Waals surface area contributed by atoms with Gasteiger partial charge in [0.2, 0.25) is 5.95 Å². The Labute approximate surface area is 235 Å². The summed E-state index contributed by atoms with van der Waals surface area (Å²) < 4.78 is 1.83. The van der Waals surface area contributed by atoms with E-state index in [4.69, 9.17) is 9.97 Å². The monoisotopic (exact) mass is 538 g/mol. The van der Waals surface area contributed by atoms with E-state index in [0.717, 1.165) is 56.0 Å². The Bertz CT molecular complexity index is 1550. The van der Waals surface area contributed by atoms with Gasteiger partial charge in [-0.1, -0.05) is 36.4 Å². The van der Waals surface area contributed by atoms with Gasteiger partial charge in [0.1, 0.15) is 11.2 Å². The molecule has 3 heterocycles. The van der Waals surface area contributed by atoms with Gasteiger partial charge in [0.25, 0.3) is 5.56 Å². The third kappa shape index (κ3) is 5.90. The zero-order valence-electron chi connectivity index (χ0n) is 23.8. The molecule has 9 nitrogen and oxygen atoms in total. The number of likely N-dealkylation sites (tertiary alicyclic amines) is 1. The first-order chi connectivity index (χ1) is 19.3. The molecule has 208 valence electrons. The van der Waals surface area contributed by atoms with Crippen molar-refractivity contribution >= 4 is 28.5 Å². The van der Waals surface area contributed by atoms with Crippen LogP contribution < -0.4 is 15.8 Å². The number of nitrogens with one attached hydrogen (secondary N) is 1. The number of hydrogen-bond donors (Lipinski definition) is 1. The van der Waals surface area contributed by atoms with E-state index in [1.807, 2.05) is 47.0 Å². The summed E-state index contributed by atoms with van der Waals surface area (Å²) in [5.41, 5.74) is 5.46. The lowest BCUT2D eigenvalue weighted by Gasteiger charge is -2.23. The second-order valence-electron chi connectivity index (χ2n) is 10.7. The lowest BCUT2D eigenvalue weighted by molar-refractivity contribution is 0.357. The molecule has 1 atom stereocenters. The number of fused-ring (bicyclic) bond motifs is 1. The Hall–Kier alpha value is -4.08. The molecular weight excluding hydrogens is 500 g/mol. The molecule has 0 spiro atoms. The van der Waals surface area contributed by atoms with Gasteiger partial charge >= 0.3 is 0 Å². The highest BCUT2D eigenvalue weighted by atomic mass is 16.1. The van der Waals surface area contributed by atoms with Gasteiger partial charge < -0.3 is 15.1 Å². The SMILES string of the molecule is C=CCN1CC[C@H](n2c(=O)c(-c3ccccc3)nc3cnc(Nc4ccc(N(C)CCN(C)C)c(C)c4)nc32)C1. The lowest BCUT2D eigenvalue weighted by Crippen LogP contribution is -2.30. The van der Waals surface area contributed by atoms with E-state index in [9.17, 15) is 4.79 Å². The van der Waals surface area contributed by atoms with E-state index < -0.39 is 0 Å². The van der Waals surface area contributed by atoms with Crippen LogP contribution in [-0.2, 0) is 0 Å². The van der Waals surface area contributed by atoms with Crippen LogP contribution in [0.15, 0.2) is 72.2 Å². The number of aromatic nitrogens is 4. The molecule has 0 amide bonds. The summed E-state index contributed by atoms with van der Waals surface area (Å²) in [6, 6.07) is 15.8. The van der Waals surface area contributed by atoms with Crippen LogP contribution in [0.4, 0.5) is 17.3 Å². The topological polar surface area (TPSA) is 82.4 Å². The van der Waals surface area contributed by atoms with Gasteiger partial charge in [0, 0.05) is 56.7 Å². The van der Waals surface area contributed by atoms with Gasteiger partial charge in [0.15, 0.2) is 5.65 Å². The minimum atomic E-state index is -0.130. The summed E-state index contributed by atoms with van der Waals surface area (Å²) in [7, 11) is 6.28. The van der Waals surface area contributed by atoms with E-state index in [2.05, 4.69) is 71.8 Å². The van der Waals surface area contributed by atoms with Gasteiger partial charge in [-0.15, -0.1) is 6.58 Å². The molecule has 0 bridgehead atoms. The Morgan fingerprint density at radius 3 is 2.62 bits per heavy atom. The van der Waals surface area contributed by atoms with E-state index in [1.165, 1.54) is 5.69 Å². The normalized spacial score (nSPS) is 15.6. The van der Waals surface area contributed by atoms with Crippen molar-refractivity contribution in [2.24, 2.45) is 0 Å². The first-order valence-corrected chi connectivity index (χ1v) is 13.8. The molecule has 1 fully saturated rings. The molecule has 1 aliphatic rings. The van der Waals surface area contributed by atoms with Crippen molar-refractivity contribution in [2.45, 2.75) is 19.4 Å². The van der Waals surface area contributed by atoms with Crippen LogP contribution >= 0.6 is 0 Å². The molecule has 40 heavy (non-hydrogen) atoms. The molecule has 0 unspecified atom stereocenters. The van der Waals surface area contributed by atoms with Crippen molar-refractivity contribution in [3.05, 3.63) is 83.3 Å². The van der Waals surface area contributed by atoms with Crippen molar-refractivity contribution < 1.29 is 0 Å². The van der Waals surface area contributed by atoms with Crippen molar-refractivity contribution in [3.63, 3.8) is 0 Å². The third-order valence-electron chi connectivity index (χ3n) is 7.43. The molecule has 1 saturated heterocycles. The molecule has 0 aliphatic carbocycles. The second-order valence-corrected chi connectivity index (χ2v) is 10.7. The maximum Gasteiger partial charge on any atom is 0.279 e. The molecule has 1 N–H and O–H groups in total. The number of nitrogens with zero attached hydrogens (tertiary/aromatic N) is 7. The first kappa shape index (κ1) is 27.5. The van der Waals surface area contributed by atoms with Crippen LogP contribution in [0.2, 0.25) is 0 Å². The zero-order chi connectivity index (χ0) is 28.2. The summed E-state index contributed by atoms with van der Waals surface area (Å²) in [5.74, 6) is 0.434. The number of hydrogen-bond acceptors (Lipinski definition) is 8. The molecule has 4 aromatic rings. The summed E-state index contributed by atoms with van der Waals surface area (Å²) in [6.07, 6.45) is 4.47. The number of anilines is 3. The Morgan fingerprint density at radius 2 is 1.90 bits per heavy atom. The fourth-order valence-corrected chi connectivity index (χ4v) is 5.32. The predicted octanol–water partition coefficient (Wildman–Crippen LogP) is 4.34. The standard InChI is InChI=1S/C31H38N8O/c1-6-15-38-16-14-25(21-38)39-29-26(34-28(30(39)40)23-10-8-7-9-11-23)20-32-31(35-29)33-24-12-13-27(22(2)19-24)37(5)18-17-36(3)4/h6-13,19-20,25H,1,14-18,21H2,2-5H3,(H,32,33,35)/t25-/m0/s1. The van der Waals surface area contributed by atoms with E-state index >= 15 is 0 Å². The number of rotatable bonds is 10. The van der Waals surface area contributed by atoms with Gasteiger partial charge in [0.05, 0.1) is 12.2 Å². The highest BCUT2D eigenvalue weighted by Gasteiger charge is 2.27. The molecule has 9 heteroatoms. The second kappa shape index (κ2) is 12.0. The first-order valence-electron chi connectivity index (χ1n) is 13.8. The van der Waals surface area contributed by atoms with Crippen molar-refractivity contribution in [2.75, 3.05) is 64.1 Å². The van der Waals surface area contributed by atoms with Crippen LogP contribution in [0.5, 0.6) is 0 Å². The Kier molecular flexibility index (Phi) is 8.23. The molecule has 0 saturated carbocycles. The molecule has 1 aliphatic heterocycles. The summed E-state index contributed by atoms with van der Waals surface area (Å²) >= 11 is 0. The summed E-state index contributed by atoms with van der Waals surface area (Å²) in [5, 5.41) is 3.35. The highest BCUT2D eigenvalue weighted by Crippen LogP contribution is 2.27. The number of likely N-dealkylation sites (N-methyl/N-ethyl adjacent to an activating group) is 2. The van der Waals surface area contributed by atoms with Crippen LogP contribution in [0.25, 0.3) is 22.4 Å².